The number of hydrogen-bond donors (Lipinski definition) is 2. The van der Waals surface area contributed by atoms with E-state index in [1.165, 1.54) is 0 Å². The van der Waals surface area contributed by atoms with Crippen LogP contribution in [-0.4, -0.2) is 16.0 Å². The zero-order valence-electron chi connectivity index (χ0n) is 10.00. The minimum Gasteiger partial charge on any atom is -0.341 e. The Hall–Kier alpha value is -1.32. The predicted octanol–water partition coefficient (Wildman–Crippen LogP) is 3.23. The lowest BCUT2D eigenvalue weighted by atomic mass is 10.2. The van der Waals surface area contributed by atoms with Crippen LogP contribution in [0.2, 0.25) is 5.02 Å². The van der Waals surface area contributed by atoms with Crippen LogP contribution in [0.15, 0.2) is 30.5 Å². The molecule has 0 bridgehead atoms. The first-order valence-corrected chi connectivity index (χ1v) is 6.06. The molecule has 3 nitrogen and oxygen atoms in total. The average Bonchev–Trinajstić information content (AvgIpc) is 2.76. The standard InChI is InChI=1S/C13H16ClN3/c1-9(2)15-8-13-16-7-12(17-13)10-3-5-11(14)6-4-10/h3-7,9,15H,8H2,1-2H3,(H,16,17). The highest BCUT2D eigenvalue weighted by atomic mass is 35.5. The van der Waals surface area contributed by atoms with Crippen molar-refractivity contribution in [2.45, 2.75) is 26.4 Å². The van der Waals surface area contributed by atoms with Gasteiger partial charge >= 0.3 is 0 Å². The number of nitrogens with zero attached hydrogens (tertiary/aromatic N) is 1. The number of nitrogens with one attached hydrogen (secondary N) is 2. The van der Waals surface area contributed by atoms with E-state index in [1.807, 2.05) is 30.5 Å². The van der Waals surface area contributed by atoms with E-state index in [2.05, 4.69) is 29.1 Å². The van der Waals surface area contributed by atoms with Crippen LogP contribution in [-0.2, 0) is 6.54 Å². The molecule has 0 atom stereocenters. The number of aromatic nitrogens is 2. The maximum absolute atomic E-state index is 5.85. The molecule has 0 aliphatic carbocycles. The first-order chi connectivity index (χ1) is 8.15. The number of aromatic amines is 1. The summed E-state index contributed by atoms with van der Waals surface area (Å²) in [4.78, 5) is 7.62. The van der Waals surface area contributed by atoms with Gasteiger partial charge in [-0.1, -0.05) is 37.6 Å². The minimum absolute atomic E-state index is 0.457. The zero-order chi connectivity index (χ0) is 12.3. The molecule has 2 N–H and O–H groups in total. The fourth-order valence-electron chi connectivity index (χ4n) is 1.53. The van der Waals surface area contributed by atoms with Gasteiger partial charge in [-0.05, 0) is 17.7 Å². The van der Waals surface area contributed by atoms with Gasteiger partial charge in [0.05, 0.1) is 18.4 Å². The van der Waals surface area contributed by atoms with Gasteiger partial charge in [0, 0.05) is 11.1 Å². The fourth-order valence-corrected chi connectivity index (χ4v) is 1.66. The second-order valence-corrected chi connectivity index (χ2v) is 4.72. The fraction of sp³-hybridized carbons (Fsp3) is 0.308. The Balaban J connectivity index is 2.10. The summed E-state index contributed by atoms with van der Waals surface area (Å²) in [6.07, 6.45) is 1.85. The molecule has 0 radical (unpaired) electrons. The maximum Gasteiger partial charge on any atom is 0.120 e. The van der Waals surface area contributed by atoms with Gasteiger partial charge in [-0.2, -0.15) is 0 Å². The van der Waals surface area contributed by atoms with Crippen LogP contribution >= 0.6 is 11.6 Å². The second kappa shape index (κ2) is 5.34. The van der Waals surface area contributed by atoms with Crippen molar-refractivity contribution in [1.82, 2.24) is 15.3 Å². The SMILES string of the molecule is CC(C)NCc1ncc(-c2ccc(Cl)cc2)[nH]1. The van der Waals surface area contributed by atoms with Gasteiger partial charge in [0.1, 0.15) is 5.82 Å². The number of rotatable bonds is 4. The first-order valence-electron chi connectivity index (χ1n) is 5.68. The van der Waals surface area contributed by atoms with E-state index in [1.54, 1.807) is 0 Å². The predicted molar refractivity (Wildman–Crippen MR) is 71.0 cm³/mol. The van der Waals surface area contributed by atoms with E-state index < -0.39 is 0 Å². The lowest BCUT2D eigenvalue weighted by molar-refractivity contribution is 0.575. The molecule has 2 aromatic rings. The summed E-state index contributed by atoms with van der Waals surface area (Å²) in [5, 5.41) is 4.07. The molecule has 2 rings (SSSR count). The Morgan fingerprint density at radius 2 is 2.00 bits per heavy atom. The van der Waals surface area contributed by atoms with Crippen molar-refractivity contribution in [3.63, 3.8) is 0 Å². The van der Waals surface area contributed by atoms with Crippen molar-refractivity contribution in [2.24, 2.45) is 0 Å². The van der Waals surface area contributed by atoms with Gasteiger partial charge < -0.3 is 10.3 Å². The lowest BCUT2D eigenvalue weighted by Crippen LogP contribution is -2.22. The zero-order valence-corrected chi connectivity index (χ0v) is 10.8. The Kier molecular flexibility index (Phi) is 3.82. The van der Waals surface area contributed by atoms with Gasteiger partial charge in [0.2, 0.25) is 0 Å². The van der Waals surface area contributed by atoms with Crippen molar-refractivity contribution < 1.29 is 0 Å². The van der Waals surface area contributed by atoms with E-state index in [0.717, 1.165) is 28.6 Å². The molecule has 1 aromatic carbocycles. The van der Waals surface area contributed by atoms with E-state index in [4.69, 9.17) is 11.6 Å². The molecule has 0 saturated carbocycles. The minimum atomic E-state index is 0.457. The molecule has 1 heterocycles. The van der Waals surface area contributed by atoms with Crippen molar-refractivity contribution in [3.05, 3.63) is 41.3 Å². The van der Waals surface area contributed by atoms with Crippen LogP contribution in [0.25, 0.3) is 11.3 Å². The number of imidazole rings is 1. The maximum atomic E-state index is 5.85. The number of hydrogen-bond acceptors (Lipinski definition) is 2. The normalized spacial score (nSPS) is 11.1. The van der Waals surface area contributed by atoms with E-state index in [-0.39, 0.29) is 0 Å². The molecule has 0 unspecified atom stereocenters. The Labute approximate surface area is 106 Å². The smallest absolute Gasteiger partial charge is 0.120 e. The van der Waals surface area contributed by atoms with Gasteiger partial charge in [0.25, 0.3) is 0 Å². The molecule has 0 fully saturated rings. The quantitative estimate of drug-likeness (QED) is 0.874. The molecule has 0 aliphatic rings. The van der Waals surface area contributed by atoms with Crippen LogP contribution in [0.1, 0.15) is 19.7 Å². The average molecular weight is 250 g/mol. The Bertz CT molecular complexity index is 474. The van der Waals surface area contributed by atoms with Gasteiger partial charge in [-0.15, -0.1) is 0 Å². The Morgan fingerprint density at radius 1 is 1.29 bits per heavy atom. The molecule has 4 heteroatoms. The third-order valence-corrected chi connectivity index (χ3v) is 2.71. The van der Waals surface area contributed by atoms with Crippen LogP contribution in [0.3, 0.4) is 0 Å². The van der Waals surface area contributed by atoms with E-state index in [0.29, 0.717) is 6.04 Å². The summed E-state index contributed by atoms with van der Waals surface area (Å²) < 4.78 is 0. The second-order valence-electron chi connectivity index (χ2n) is 4.29. The lowest BCUT2D eigenvalue weighted by Gasteiger charge is -2.04. The molecule has 90 valence electrons. The van der Waals surface area contributed by atoms with Gasteiger partial charge in [0.15, 0.2) is 0 Å². The number of halogens is 1. The van der Waals surface area contributed by atoms with Gasteiger partial charge in [-0.25, -0.2) is 4.98 Å². The molecule has 0 aliphatic heterocycles. The highest BCUT2D eigenvalue weighted by molar-refractivity contribution is 6.30. The topological polar surface area (TPSA) is 40.7 Å². The third kappa shape index (κ3) is 3.32. The van der Waals surface area contributed by atoms with Gasteiger partial charge in [-0.3, -0.25) is 0 Å². The van der Waals surface area contributed by atoms with Crippen molar-refractivity contribution in [3.8, 4) is 11.3 Å². The molecule has 0 saturated heterocycles. The highest BCUT2D eigenvalue weighted by Crippen LogP contribution is 2.19. The summed E-state index contributed by atoms with van der Waals surface area (Å²) in [6, 6.07) is 8.18. The summed E-state index contributed by atoms with van der Waals surface area (Å²) in [5.74, 6) is 0.948. The first kappa shape index (κ1) is 12.1. The molecule has 1 aromatic heterocycles. The molecule has 17 heavy (non-hydrogen) atoms. The Morgan fingerprint density at radius 3 is 2.65 bits per heavy atom. The van der Waals surface area contributed by atoms with Crippen LogP contribution in [0.5, 0.6) is 0 Å². The summed E-state index contributed by atoms with van der Waals surface area (Å²) >= 11 is 5.85. The van der Waals surface area contributed by atoms with Crippen molar-refractivity contribution >= 4 is 11.6 Å². The van der Waals surface area contributed by atoms with E-state index >= 15 is 0 Å². The highest BCUT2D eigenvalue weighted by Gasteiger charge is 2.03. The molecular formula is C13H16ClN3. The monoisotopic (exact) mass is 249 g/mol. The summed E-state index contributed by atoms with van der Waals surface area (Å²) in [5.41, 5.74) is 2.11. The summed E-state index contributed by atoms with van der Waals surface area (Å²) in [6.45, 7) is 4.98. The van der Waals surface area contributed by atoms with Crippen LogP contribution in [0.4, 0.5) is 0 Å². The van der Waals surface area contributed by atoms with E-state index in [9.17, 15) is 0 Å². The van der Waals surface area contributed by atoms with Crippen molar-refractivity contribution in [2.75, 3.05) is 0 Å². The third-order valence-electron chi connectivity index (χ3n) is 2.46. The number of benzene rings is 1. The molecular weight excluding hydrogens is 234 g/mol. The molecule has 0 spiro atoms. The molecule has 0 amide bonds. The largest absolute Gasteiger partial charge is 0.341 e. The van der Waals surface area contributed by atoms with Crippen molar-refractivity contribution in [1.29, 1.82) is 0 Å². The summed E-state index contributed by atoms with van der Waals surface area (Å²) in [7, 11) is 0. The number of H-pyrrole nitrogens is 1. The van der Waals surface area contributed by atoms with Crippen LogP contribution in [0, 0.1) is 0 Å². The van der Waals surface area contributed by atoms with Crippen LogP contribution < -0.4 is 5.32 Å².